The number of hydrogen-bond donors (Lipinski definition) is 4. The lowest BCUT2D eigenvalue weighted by Crippen LogP contribution is -2.15. The van der Waals surface area contributed by atoms with Gasteiger partial charge < -0.3 is 25.7 Å². The SMILES string of the molecule is CCOC(=O)c1c(C)[nH]c(/C=C(\C#N)C(N)=NCCO)c1O. The third kappa shape index (κ3) is 3.86. The lowest BCUT2D eigenvalue weighted by atomic mass is 10.2. The second-order valence-electron chi connectivity index (χ2n) is 4.27. The Morgan fingerprint density at radius 2 is 2.27 bits per heavy atom. The number of aliphatic hydroxyl groups is 1. The van der Waals surface area contributed by atoms with E-state index >= 15 is 0 Å². The van der Waals surface area contributed by atoms with Gasteiger partial charge in [0.2, 0.25) is 0 Å². The molecule has 5 N–H and O–H groups in total. The molecule has 0 aliphatic carbocycles. The maximum atomic E-state index is 11.8. The molecule has 1 heterocycles. The molecule has 1 rings (SSSR count). The van der Waals surface area contributed by atoms with Gasteiger partial charge in [-0.15, -0.1) is 0 Å². The largest absolute Gasteiger partial charge is 0.505 e. The van der Waals surface area contributed by atoms with E-state index in [9.17, 15) is 9.90 Å². The first-order chi connectivity index (χ1) is 10.5. The van der Waals surface area contributed by atoms with Crippen LogP contribution in [-0.4, -0.2) is 46.8 Å². The molecule has 0 saturated heterocycles. The fourth-order valence-corrected chi connectivity index (χ4v) is 1.76. The Kier molecular flexibility index (Phi) is 6.16. The zero-order chi connectivity index (χ0) is 16.7. The van der Waals surface area contributed by atoms with E-state index in [0.29, 0.717) is 5.69 Å². The average Bonchev–Trinajstić information content (AvgIpc) is 2.76. The first-order valence-corrected chi connectivity index (χ1v) is 6.57. The van der Waals surface area contributed by atoms with Gasteiger partial charge >= 0.3 is 5.97 Å². The Morgan fingerprint density at radius 3 is 2.82 bits per heavy atom. The van der Waals surface area contributed by atoms with Crippen molar-refractivity contribution in [3.63, 3.8) is 0 Å². The standard InChI is InChI=1S/C14H18N4O4/c1-3-22-14(21)11-8(2)18-10(12(11)20)6-9(7-15)13(16)17-4-5-19/h6,18-20H,3-5H2,1-2H3,(H2,16,17)/b9-6+. The van der Waals surface area contributed by atoms with Crippen molar-refractivity contribution in [1.82, 2.24) is 4.98 Å². The van der Waals surface area contributed by atoms with E-state index in [2.05, 4.69) is 9.98 Å². The fraction of sp³-hybridized carbons (Fsp3) is 0.357. The zero-order valence-electron chi connectivity index (χ0n) is 12.4. The Bertz CT molecular complexity index is 653. The van der Waals surface area contributed by atoms with Crippen LogP contribution >= 0.6 is 0 Å². The number of nitrogens with two attached hydrogens (primary N) is 1. The summed E-state index contributed by atoms with van der Waals surface area (Å²) in [6.07, 6.45) is 1.28. The summed E-state index contributed by atoms with van der Waals surface area (Å²) in [5.74, 6) is -1.05. The number of carbonyl (C=O) groups is 1. The number of aryl methyl sites for hydroxylation is 1. The number of aromatic hydroxyl groups is 1. The summed E-state index contributed by atoms with van der Waals surface area (Å²) in [5.41, 5.74) is 6.20. The van der Waals surface area contributed by atoms with Crippen molar-refractivity contribution >= 4 is 17.9 Å². The minimum atomic E-state index is -0.658. The molecule has 0 amide bonds. The number of esters is 1. The molecule has 118 valence electrons. The van der Waals surface area contributed by atoms with E-state index in [1.165, 1.54) is 6.08 Å². The number of rotatable bonds is 6. The van der Waals surface area contributed by atoms with E-state index in [1.807, 2.05) is 6.07 Å². The van der Waals surface area contributed by atoms with Gasteiger partial charge in [-0.2, -0.15) is 5.26 Å². The molecular weight excluding hydrogens is 288 g/mol. The van der Waals surface area contributed by atoms with Gasteiger partial charge in [0, 0.05) is 5.69 Å². The second kappa shape index (κ2) is 7.85. The topological polar surface area (TPSA) is 145 Å². The van der Waals surface area contributed by atoms with Gasteiger partial charge in [-0.25, -0.2) is 4.79 Å². The van der Waals surface area contributed by atoms with Crippen LogP contribution in [-0.2, 0) is 4.74 Å². The van der Waals surface area contributed by atoms with Gasteiger partial charge in [0.05, 0.1) is 31.0 Å². The highest BCUT2D eigenvalue weighted by atomic mass is 16.5. The van der Waals surface area contributed by atoms with Crippen molar-refractivity contribution in [2.45, 2.75) is 13.8 Å². The number of nitrogens with zero attached hydrogens (tertiary/aromatic N) is 2. The van der Waals surface area contributed by atoms with Gasteiger partial charge in [-0.1, -0.05) is 0 Å². The van der Waals surface area contributed by atoms with Crippen LogP contribution in [0.4, 0.5) is 0 Å². The van der Waals surface area contributed by atoms with Crippen LogP contribution in [0, 0.1) is 18.3 Å². The molecule has 1 aromatic rings. The molecule has 0 saturated carbocycles. The van der Waals surface area contributed by atoms with E-state index < -0.39 is 5.97 Å². The minimum absolute atomic E-state index is 0.000379. The van der Waals surface area contributed by atoms with Crippen LogP contribution in [0.1, 0.15) is 28.7 Å². The number of aliphatic hydroxyl groups excluding tert-OH is 1. The third-order valence-electron chi connectivity index (χ3n) is 2.74. The van der Waals surface area contributed by atoms with E-state index in [1.54, 1.807) is 13.8 Å². The van der Waals surface area contributed by atoms with Crippen LogP contribution in [0.2, 0.25) is 0 Å². The van der Waals surface area contributed by atoms with Crippen LogP contribution < -0.4 is 5.73 Å². The molecule has 0 fully saturated rings. The smallest absolute Gasteiger partial charge is 0.343 e. The number of nitriles is 1. The number of hydrogen-bond acceptors (Lipinski definition) is 6. The molecule has 1 aromatic heterocycles. The molecule has 0 aliphatic rings. The number of amidine groups is 1. The predicted octanol–water partition coefficient (Wildman–Crippen LogP) is 0.462. The molecule has 8 nitrogen and oxygen atoms in total. The van der Waals surface area contributed by atoms with Gasteiger partial charge in [0.25, 0.3) is 0 Å². The van der Waals surface area contributed by atoms with Crippen LogP contribution in [0.3, 0.4) is 0 Å². The first-order valence-electron chi connectivity index (χ1n) is 6.57. The van der Waals surface area contributed by atoms with E-state index in [0.717, 1.165) is 0 Å². The van der Waals surface area contributed by atoms with Crippen LogP contribution in [0.5, 0.6) is 5.75 Å². The molecule has 8 heteroatoms. The van der Waals surface area contributed by atoms with E-state index in [4.69, 9.17) is 20.8 Å². The quantitative estimate of drug-likeness (QED) is 0.260. The summed E-state index contributed by atoms with van der Waals surface area (Å²) in [7, 11) is 0. The highest BCUT2D eigenvalue weighted by molar-refractivity contribution is 6.05. The van der Waals surface area contributed by atoms with E-state index in [-0.39, 0.29) is 48.2 Å². The number of aromatic amines is 1. The Labute approximate surface area is 127 Å². The monoisotopic (exact) mass is 306 g/mol. The van der Waals surface area contributed by atoms with Gasteiger partial charge in [-0.05, 0) is 19.9 Å². The highest BCUT2D eigenvalue weighted by Crippen LogP contribution is 2.28. The zero-order valence-corrected chi connectivity index (χ0v) is 12.4. The lowest BCUT2D eigenvalue weighted by Gasteiger charge is -2.01. The fourth-order valence-electron chi connectivity index (χ4n) is 1.76. The predicted molar refractivity (Wildman–Crippen MR) is 80.3 cm³/mol. The third-order valence-corrected chi connectivity index (χ3v) is 2.74. The number of ether oxygens (including phenoxy) is 1. The first kappa shape index (κ1) is 17.3. The maximum absolute atomic E-state index is 11.8. The number of nitrogens with one attached hydrogen (secondary N) is 1. The lowest BCUT2D eigenvalue weighted by molar-refractivity contribution is 0.0522. The molecule has 0 aromatic carbocycles. The number of H-pyrrole nitrogens is 1. The van der Waals surface area contributed by atoms with Gasteiger partial charge in [0.15, 0.2) is 5.75 Å². The number of aliphatic imine (C=N–C) groups is 1. The van der Waals surface area contributed by atoms with Gasteiger partial charge in [0.1, 0.15) is 17.5 Å². The summed E-state index contributed by atoms with van der Waals surface area (Å²) < 4.78 is 4.85. The summed E-state index contributed by atoms with van der Waals surface area (Å²) in [5, 5.41) is 27.9. The molecular formula is C14H18N4O4. The molecule has 0 spiro atoms. The molecule has 0 aliphatic heterocycles. The van der Waals surface area contributed by atoms with Crippen molar-refractivity contribution < 1.29 is 19.7 Å². The van der Waals surface area contributed by atoms with Crippen molar-refractivity contribution in [1.29, 1.82) is 5.26 Å². The van der Waals surface area contributed by atoms with Crippen molar-refractivity contribution in [3.05, 3.63) is 22.5 Å². The normalized spacial score (nSPS) is 12.1. The Balaban J connectivity index is 3.23. The Hall–Kier alpha value is -2.79. The van der Waals surface area contributed by atoms with Crippen LogP contribution in [0.25, 0.3) is 6.08 Å². The maximum Gasteiger partial charge on any atom is 0.343 e. The van der Waals surface area contributed by atoms with Gasteiger partial charge in [-0.3, -0.25) is 4.99 Å². The molecule has 0 atom stereocenters. The number of aromatic nitrogens is 1. The van der Waals surface area contributed by atoms with Crippen LogP contribution in [0.15, 0.2) is 10.6 Å². The molecule has 0 bridgehead atoms. The highest BCUT2D eigenvalue weighted by Gasteiger charge is 2.21. The summed E-state index contributed by atoms with van der Waals surface area (Å²) in [4.78, 5) is 18.4. The number of carbonyl (C=O) groups excluding carboxylic acids is 1. The minimum Gasteiger partial charge on any atom is -0.505 e. The summed E-state index contributed by atoms with van der Waals surface area (Å²) in [6, 6.07) is 1.85. The Morgan fingerprint density at radius 1 is 1.59 bits per heavy atom. The van der Waals surface area contributed by atoms with Crippen molar-refractivity contribution in [3.8, 4) is 11.8 Å². The molecule has 22 heavy (non-hydrogen) atoms. The summed E-state index contributed by atoms with van der Waals surface area (Å²) in [6.45, 7) is 3.30. The molecule has 0 radical (unpaired) electrons. The summed E-state index contributed by atoms with van der Waals surface area (Å²) >= 11 is 0. The van der Waals surface area contributed by atoms with Crippen molar-refractivity contribution in [2.75, 3.05) is 19.8 Å². The second-order valence-corrected chi connectivity index (χ2v) is 4.27. The van der Waals surface area contributed by atoms with Crippen molar-refractivity contribution in [2.24, 2.45) is 10.7 Å². The molecule has 0 unspecified atom stereocenters. The average molecular weight is 306 g/mol.